The zero-order chi connectivity index (χ0) is 11.8. The molecule has 0 amide bonds. The lowest BCUT2D eigenvalue weighted by molar-refractivity contribution is -0.0619. The Morgan fingerprint density at radius 1 is 1.19 bits per heavy atom. The summed E-state index contributed by atoms with van der Waals surface area (Å²) in [5.41, 5.74) is 5.90. The second kappa shape index (κ2) is 4.42. The molecule has 0 radical (unpaired) electrons. The molecule has 0 spiro atoms. The molecule has 1 aliphatic heterocycles. The van der Waals surface area contributed by atoms with Crippen LogP contribution in [0.3, 0.4) is 0 Å². The number of rotatable bonds is 3. The minimum Gasteiger partial charge on any atom is -0.379 e. The van der Waals surface area contributed by atoms with E-state index in [-0.39, 0.29) is 5.41 Å². The summed E-state index contributed by atoms with van der Waals surface area (Å²) in [6.07, 6.45) is 1.11. The predicted molar refractivity (Wildman–Crippen MR) is 71.6 cm³/mol. The number of ether oxygens (including phenoxy) is 1. The van der Waals surface area contributed by atoms with Gasteiger partial charge < -0.3 is 4.74 Å². The van der Waals surface area contributed by atoms with Gasteiger partial charge in [-0.15, -0.1) is 0 Å². The number of thiol groups is 1. The lowest BCUT2D eigenvalue weighted by Gasteiger charge is -2.43. The van der Waals surface area contributed by atoms with Gasteiger partial charge in [0.15, 0.2) is 0 Å². The highest BCUT2D eigenvalue weighted by molar-refractivity contribution is 7.80. The molecule has 0 N–H and O–H groups in total. The van der Waals surface area contributed by atoms with Crippen LogP contribution in [-0.4, -0.2) is 19.0 Å². The third-order valence-electron chi connectivity index (χ3n) is 3.55. The maximum Gasteiger partial charge on any atom is 0.0586 e. The predicted octanol–water partition coefficient (Wildman–Crippen LogP) is 3.20. The molecular formula is C14H20OS. The van der Waals surface area contributed by atoms with E-state index in [1.165, 1.54) is 22.3 Å². The maximum atomic E-state index is 5.45. The monoisotopic (exact) mass is 236 g/mol. The fourth-order valence-electron chi connectivity index (χ4n) is 2.99. The third-order valence-corrected chi connectivity index (χ3v) is 3.78. The van der Waals surface area contributed by atoms with Crippen LogP contribution >= 0.6 is 12.6 Å². The van der Waals surface area contributed by atoms with E-state index in [4.69, 9.17) is 4.74 Å². The summed E-state index contributed by atoms with van der Waals surface area (Å²) in [5.74, 6) is 0.927. The molecule has 16 heavy (non-hydrogen) atoms. The van der Waals surface area contributed by atoms with Crippen LogP contribution in [0.2, 0.25) is 0 Å². The Bertz CT molecular complexity index is 371. The summed E-state index contributed by atoms with van der Waals surface area (Å²) < 4.78 is 5.45. The molecule has 1 aromatic carbocycles. The first-order chi connectivity index (χ1) is 7.59. The van der Waals surface area contributed by atoms with Crippen molar-refractivity contribution in [3.8, 4) is 0 Å². The van der Waals surface area contributed by atoms with Crippen molar-refractivity contribution < 1.29 is 4.74 Å². The van der Waals surface area contributed by atoms with Crippen LogP contribution in [-0.2, 0) is 10.2 Å². The molecule has 2 rings (SSSR count). The molecule has 0 aromatic heterocycles. The Balaban J connectivity index is 2.46. The standard InChI is InChI=1S/C14H20OS/c1-10-6-11(2)13(12(3)7-10)14(4-5-16)8-15-9-14/h6-7,16H,4-5,8-9H2,1-3H3. The van der Waals surface area contributed by atoms with Gasteiger partial charge in [0.25, 0.3) is 0 Å². The normalized spacial score (nSPS) is 18.2. The second-order valence-corrected chi connectivity index (χ2v) is 5.47. The van der Waals surface area contributed by atoms with Crippen molar-refractivity contribution in [2.75, 3.05) is 19.0 Å². The van der Waals surface area contributed by atoms with Gasteiger partial charge in [-0.25, -0.2) is 0 Å². The zero-order valence-corrected chi connectivity index (χ0v) is 11.2. The summed E-state index contributed by atoms with van der Waals surface area (Å²) in [7, 11) is 0. The molecule has 1 aliphatic rings. The Morgan fingerprint density at radius 2 is 1.75 bits per heavy atom. The Kier molecular flexibility index (Phi) is 3.32. The van der Waals surface area contributed by atoms with Crippen LogP contribution in [0.15, 0.2) is 12.1 Å². The SMILES string of the molecule is Cc1cc(C)c(C2(CCS)COC2)c(C)c1. The van der Waals surface area contributed by atoms with Crippen LogP contribution < -0.4 is 0 Å². The van der Waals surface area contributed by atoms with Crippen molar-refractivity contribution in [2.45, 2.75) is 32.6 Å². The molecule has 1 saturated heterocycles. The molecule has 0 unspecified atom stereocenters. The minimum atomic E-state index is 0.240. The van der Waals surface area contributed by atoms with Gasteiger partial charge in [0.1, 0.15) is 0 Å². The van der Waals surface area contributed by atoms with E-state index in [0.29, 0.717) is 0 Å². The Morgan fingerprint density at radius 3 is 2.12 bits per heavy atom. The summed E-state index contributed by atoms with van der Waals surface area (Å²) >= 11 is 4.39. The van der Waals surface area contributed by atoms with Crippen molar-refractivity contribution in [3.05, 3.63) is 34.4 Å². The fraction of sp³-hybridized carbons (Fsp3) is 0.571. The third kappa shape index (κ3) is 1.89. The fourth-order valence-corrected chi connectivity index (χ4v) is 3.42. The van der Waals surface area contributed by atoms with Gasteiger partial charge in [0.05, 0.1) is 13.2 Å². The topological polar surface area (TPSA) is 9.23 Å². The van der Waals surface area contributed by atoms with E-state index in [2.05, 4.69) is 45.5 Å². The summed E-state index contributed by atoms with van der Waals surface area (Å²) in [5, 5.41) is 0. The van der Waals surface area contributed by atoms with Gasteiger partial charge in [0, 0.05) is 5.41 Å². The first-order valence-electron chi connectivity index (χ1n) is 5.86. The molecule has 0 saturated carbocycles. The minimum absolute atomic E-state index is 0.240. The lowest BCUT2D eigenvalue weighted by Crippen LogP contribution is -2.48. The molecule has 0 atom stereocenters. The van der Waals surface area contributed by atoms with E-state index < -0.39 is 0 Å². The Hall–Kier alpha value is -0.470. The van der Waals surface area contributed by atoms with Crippen LogP contribution in [0.5, 0.6) is 0 Å². The van der Waals surface area contributed by atoms with Crippen molar-refractivity contribution in [1.82, 2.24) is 0 Å². The van der Waals surface area contributed by atoms with Crippen molar-refractivity contribution in [1.29, 1.82) is 0 Å². The molecule has 1 nitrogen and oxygen atoms in total. The van der Waals surface area contributed by atoms with Gasteiger partial charge in [-0.1, -0.05) is 17.7 Å². The van der Waals surface area contributed by atoms with E-state index in [0.717, 1.165) is 25.4 Å². The van der Waals surface area contributed by atoms with Gasteiger partial charge in [-0.05, 0) is 49.6 Å². The number of benzene rings is 1. The average molecular weight is 236 g/mol. The van der Waals surface area contributed by atoms with E-state index >= 15 is 0 Å². The largest absolute Gasteiger partial charge is 0.379 e. The number of hydrogen-bond acceptors (Lipinski definition) is 2. The van der Waals surface area contributed by atoms with Crippen molar-refractivity contribution in [2.24, 2.45) is 0 Å². The van der Waals surface area contributed by atoms with Crippen LogP contribution in [0, 0.1) is 20.8 Å². The van der Waals surface area contributed by atoms with Crippen LogP contribution in [0.4, 0.5) is 0 Å². The van der Waals surface area contributed by atoms with Crippen molar-refractivity contribution in [3.63, 3.8) is 0 Å². The van der Waals surface area contributed by atoms with Crippen LogP contribution in [0.1, 0.15) is 28.7 Å². The quantitative estimate of drug-likeness (QED) is 0.793. The van der Waals surface area contributed by atoms with E-state index in [1.54, 1.807) is 0 Å². The molecule has 2 heteroatoms. The molecule has 0 bridgehead atoms. The average Bonchev–Trinajstić information content (AvgIpc) is 2.12. The summed E-state index contributed by atoms with van der Waals surface area (Å²) in [4.78, 5) is 0. The first kappa shape index (κ1) is 12.0. The smallest absolute Gasteiger partial charge is 0.0586 e. The molecule has 1 aromatic rings. The van der Waals surface area contributed by atoms with Crippen molar-refractivity contribution >= 4 is 12.6 Å². The molecule has 1 heterocycles. The highest BCUT2D eigenvalue weighted by Gasteiger charge is 2.41. The highest BCUT2D eigenvalue weighted by Crippen LogP contribution is 2.39. The zero-order valence-electron chi connectivity index (χ0n) is 10.3. The van der Waals surface area contributed by atoms with E-state index in [9.17, 15) is 0 Å². The number of aryl methyl sites for hydroxylation is 3. The van der Waals surface area contributed by atoms with E-state index in [1.807, 2.05) is 0 Å². The summed E-state index contributed by atoms with van der Waals surface area (Å²) in [6, 6.07) is 4.56. The second-order valence-electron chi connectivity index (χ2n) is 5.02. The van der Waals surface area contributed by atoms with Gasteiger partial charge in [-0.2, -0.15) is 12.6 Å². The van der Waals surface area contributed by atoms with Crippen LogP contribution in [0.25, 0.3) is 0 Å². The molecule has 0 aliphatic carbocycles. The number of hydrogen-bond donors (Lipinski definition) is 1. The summed E-state index contributed by atoms with van der Waals surface area (Å²) in [6.45, 7) is 8.31. The molecule has 1 fully saturated rings. The Labute approximate surface area is 104 Å². The maximum absolute atomic E-state index is 5.45. The van der Waals surface area contributed by atoms with Gasteiger partial charge in [-0.3, -0.25) is 0 Å². The highest BCUT2D eigenvalue weighted by atomic mass is 32.1. The van der Waals surface area contributed by atoms with Gasteiger partial charge in [0.2, 0.25) is 0 Å². The molecule has 88 valence electrons. The lowest BCUT2D eigenvalue weighted by atomic mass is 9.72. The molecular weight excluding hydrogens is 216 g/mol. The first-order valence-corrected chi connectivity index (χ1v) is 6.49. The van der Waals surface area contributed by atoms with Gasteiger partial charge >= 0.3 is 0 Å².